The number of pyridine rings is 1. The highest BCUT2D eigenvalue weighted by Gasteiger charge is 2.45. The Morgan fingerprint density at radius 2 is 2.24 bits per heavy atom. The molecule has 1 spiro atoms. The molecule has 154 valence electrons. The van der Waals surface area contributed by atoms with Crippen LogP contribution in [0.15, 0.2) is 24.5 Å². The first-order valence-corrected chi connectivity index (χ1v) is 10.5. The fourth-order valence-corrected chi connectivity index (χ4v) is 4.61. The number of carbonyl (C=O) groups is 1. The van der Waals surface area contributed by atoms with Gasteiger partial charge in [0.15, 0.2) is 5.82 Å². The van der Waals surface area contributed by atoms with Crippen LogP contribution < -0.4 is 5.32 Å². The number of aromatic nitrogens is 3. The number of anilines is 1. The van der Waals surface area contributed by atoms with Gasteiger partial charge in [-0.3, -0.25) is 9.78 Å². The van der Waals surface area contributed by atoms with Crippen molar-refractivity contribution < 1.29 is 9.53 Å². The molecule has 1 atom stereocenters. The van der Waals surface area contributed by atoms with Crippen molar-refractivity contribution in [2.75, 3.05) is 38.7 Å². The molecule has 4 rings (SSSR count). The molecule has 0 saturated carbocycles. The van der Waals surface area contributed by atoms with E-state index in [9.17, 15) is 4.79 Å². The number of hydrogen-bond donors (Lipinski definition) is 1. The number of carbonyl (C=O) groups excluding carboxylic acids is 1. The van der Waals surface area contributed by atoms with Crippen LogP contribution in [0, 0.1) is 0 Å². The third-order valence-electron chi connectivity index (χ3n) is 6.02. The number of nitrogens with zero attached hydrogens (tertiary/aromatic N) is 4. The zero-order chi connectivity index (χ0) is 20.3. The van der Waals surface area contributed by atoms with Gasteiger partial charge in [0, 0.05) is 55.7 Å². The van der Waals surface area contributed by atoms with Gasteiger partial charge in [0.2, 0.25) is 5.91 Å². The number of nitrogens with one attached hydrogen (secondary N) is 1. The van der Waals surface area contributed by atoms with Crippen molar-refractivity contribution in [2.45, 2.75) is 44.4 Å². The highest BCUT2D eigenvalue weighted by Crippen LogP contribution is 2.46. The SMILES string of the molecule is CCCNc1nc(-c2cccnc2)nc2c1CCC21CCCN(C(=O)COC)C1. The second-order valence-corrected chi connectivity index (χ2v) is 8.02. The van der Waals surface area contributed by atoms with Gasteiger partial charge in [-0.2, -0.15) is 0 Å². The van der Waals surface area contributed by atoms with E-state index in [0.29, 0.717) is 12.4 Å². The summed E-state index contributed by atoms with van der Waals surface area (Å²) < 4.78 is 5.08. The average molecular weight is 396 g/mol. The molecule has 1 aliphatic carbocycles. The summed E-state index contributed by atoms with van der Waals surface area (Å²) >= 11 is 0. The van der Waals surface area contributed by atoms with Crippen molar-refractivity contribution in [1.29, 1.82) is 0 Å². The van der Waals surface area contributed by atoms with E-state index in [2.05, 4.69) is 17.2 Å². The Hall–Kier alpha value is -2.54. The first-order chi connectivity index (χ1) is 14.2. The molecule has 0 aromatic carbocycles. The Kier molecular flexibility index (Phi) is 5.76. The summed E-state index contributed by atoms with van der Waals surface area (Å²) in [6, 6.07) is 3.90. The molecule has 2 aliphatic rings. The molecular formula is C22H29N5O2. The number of amides is 1. The highest BCUT2D eigenvalue weighted by molar-refractivity contribution is 5.78. The molecule has 7 nitrogen and oxygen atoms in total. The largest absolute Gasteiger partial charge is 0.375 e. The van der Waals surface area contributed by atoms with Crippen molar-refractivity contribution in [3.63, 3.8) is 0 Å². The summed E-state index contributed by atoms with van der Waals surface area (Å²) in [5.74, 6) is 1.70. The van der Waals surface area contributed by atoms with Gasteiger partial charge in [0.1, 0.15) is 12.4 Å². The van der Waals surface area contributed by atoms with Gasteiger partial charge in [0.25, 0.3) is 0 Å². The molecule has 1 fully saturated rings. The second-order valence-electron chi connectivity index (χ2n) is 8.02. The summed E-state index contributed by atoms with van der Waals surface area (Å²) in [5, 5.41) is 3.51. The predicted octanol–water partition coefficient (Wildman–Crippen LogP) is 2.81. The van der Waals surface area contributed by atoms with Crippen molar-refractivity contribution in [2.24, 2.45) is 0 Å². The second kappa shape index (κ2) is 8.45. The maximum atomic E-state index is 12.5. The Bertz CT molecular complexity index is 873. The van der Waals surface area contributed by atoms with Crippen LogP contribution in [0.2, 0.25) is 0 Å². The van der Waals surface area contributed by atoms with E-state index in [4.69, 9.17) is 14.7 Å². The number of rotatable bonds is 6. The summed E-state index contributed by atoms with van der Waals surface area (Å²) in [6.45, 7) is 4.66. The zero-order valence-electron chi connectivity index (χ0n) is 17.3. The standard InChI is InChI=1S/C22H29N5O2/c1-3-10-24-21-17-7-9-22(8-5-12-27(15-22)18(28)14-29-2)19(17)25-20(26-21)16-6-4-11-23-13-16/h4,6,11,13H,3,5,7-10,12,14-15H2,1-2H3,(H,24,25,26). The third kappa shape index (κ3) is 3.83. The maximum Gasteiger partial charge on any atom is 0.248 e. The molecular weight excluding hydrogens is 366 g/mol. The van der Waals surface area contributed by atoms with Gasteiger partial charge in [-0.15, -0.1) is 0 Å². The predicted molar refractivity (Wildman–Crippen MR) is 112 cm³/mol. The lowest BCUT2D eigenvalue weighted by molar-refractivity contribution is -0.137. The Balaban J connectivity index is 1.74. The normalized spacial score (nSPS) is 20.7. The van der Waals surface area contributed by atoms with Gasteiger partial charge in [-0.1, -0.05) is 6.92 Å². The molecule has 1 unspecified atom stereocenters. The van der Waals surface area contributed by atoms with E-state index in [1.165, 1.54) is 5.56 Å². The molecule has 3 heterocycles. The van der Waals surface area contributed by atoms with E-state index < -0.39 is 0 Å². The lowest BCUT2D eigenvalue weighted by Gasteiger charge is -2.40. The number of methoxy groups -OCH3 is 1. The van der Waals surface area contributed by atoms with Gasteiger partial charge in [-0.05, 0) is 44.2 Å². The van der Waals surface area contributed by atoms with Crippen molar-refractivity contribution in [3.8, 4) is 11.4 Å². The fourth-order valence-electron chi connectivity index (χ4n) is 4.61. The average Bonchev–Trinajstić information content (AvgIpc) is 3.10. The monoisotopic (exact) mass is 395 g/mol. The van der Waals surface area contributed by atoms with Gasteiger partial charge < -0.3 is 15.0 Å². The van der Waals surface area contributed by atoms with E-state index >= 15 is 0 Å². The third-order valence-corrected chi connectivity index (χ3v) is 6.02. The zero-order valence-corrected chi connectivity index (χ0v) is 17.3. The lowest BCUT2D eigenvalue weighted by Crippen LogP contribution is -2.49. The van der Waals surface area contributed by atoms with Crippen LogP contribution in [0.25, 0.3) is 11.4 Å². The molecule has 1 amide bonds. The summed E-state index contributed by atoms with van der Waals surface area (Å²) in [5.41, 5.74) is 3.14. The Morgan fingerprint density at radius 3 is 3.00 bits per heavy atom. The molecule has 29 heavy (non-hydrogen) atoms. The van der Waals surface area contributed by atoms with Crippen LogP contribution >= 0.6 is 0 Å². The van der Waals surface area contributed by atoms with E-state index in [-0.39, 0.29) is 17.9 Å². The number of piperidine rings is 1. The number of likely N-dealkylation sites (tertiary alicyclic amines) is 1. The van der Waals surface area contributed by atoms with Crippen LogP contribution in [-0.2, 0) is 21.4 Å². The number of hydrogen-bond acceptors (Lipinski definition) is 6. The smallest absolute Gasteiger partial charge is 0.248 e. The lowest BCUT2D eigenvalue weighted by atomic mass is 9.77. The Labute approximate surface area is 171 Å². The molecule has 1 saturated heterocycles. The van der Waals surface area contributed by atoms with Gasteiger partial charge in [-0.25, -0.2) is 9.97 Å². The van der Waals surface area contributed by atoms with Crippen LogP contribution in [0.5, 0.6) is 0 Å². The van der Waals surface area contributed by atoms with Crippen molar-refractivity contribution >= 4 is 11.7 Å². The first-order valence-electron chi connectivity index (χ1n) is 10.5. The minimum absolute atomic E-state index is 0.0610. The number of fused-ring (bicyclic) bond motifs is 2. The fraction of sp³-hybridized carbons (Fsp3) is 0.545. The molecule has 0 bridgehead atoms. The molecule has 2 aromatic heterocycles. The van der Waals surface area contributed by atoms with Gasteiger partial charge >= 0.3 is 0 Å². The topological polar surface area (TPSA) is 80.2 Å². The summed E-state index contributed by atoms with van der Waals surface area (Å²) in [4.78, 5) is 28.6. The number of ether oxygens (including phenoxy) is 1. The van der Waals surface area contributed by atoms with E-state index in [0.717, 1.165) is 62.3 Å². The van der Waals surface area contributed by atoms with Crippen molar-refractivity contribution in [1.82, 2.24) is 19.9 Å². The quantitative estimate of drug-likeness (QED) is 0.810. The van der Waals surface area contributed by atoms with E-state index in [1.807, 2.05) is 23.2 Å². The molecule has 7 heteroatoms. The van der Waals surface area contributed by atoms with Crippen LogP contribution in [-0.4, -0.2) is 59.1 Å². The molecule has 2 aromatic rings. The van der Waals surface area contributed by atoms with E-state index in [1.54, 1.807) is 13.3 Å². The molecule has 1 N–H and O–H groups in total. The van der Waals surface area contributed by atoms with Crippen LogP contribution in [0.3, 0.4) is 0 Å². The molecule has 0 radical (unpaired) electrons. The van der Waals surface area contributed by atoms with Crippen molar-refractivity contribution in [3.05, 3.63) is 35.8 Å². The Morgan fingerprint density at radius 1 is 1.34 bits per heavy atom. The van der Waals surface area contributed by atoms with Crippen LogP contribution in [0.4, 0.5) is 5.82 Å². The molecule has 1 aliphatic heterocycles. The first kappa shape index (κ1) is 19.8. The minimum atomic E-state index is -0.0977. The highest BCUT2D eigenvalue weighted by atomic mass is 16.5. The van der Waals surface area contributed by atoms with Crippen LogP contribution in [0.1, 0.15) is 43.9 Å². The summed E-state index contributed by atoms with van der Waals surface area (Å²) in [7, 11) is 1.57. The maximum absolute atomic E-state index is 12.5. The summed E-state index contributed by atoms with van der Waals surface area (Å²) in [6.07, 6.45) is 8.58. The van der Waals surface area contributed by atoms with Gasteiger partial charge in [0.05, 0.1) is 5.69 Å². The minimum Gasteiger partial charge on any atom is -0.375 e.